The highest BCUT2D eigenvalue weighted by Crippen LogP contribution is 2.38. The lowest BCUT2D eigenvalue weighted by Crippen LogP contribution is -2.22. The molecule has 7 nitrogen and oxygen atoms in total. The molecule has 1 fully saturated rings. The van der Waals surface area contributed by atoms with Gasteiger partial charge in [-0.25, -0.2) is 0 Å². The first-order chi connectivity index (χ1) is 15.6. The summed E-state index contributed by atoms with van der Waals surface area (Å²) in [6, 6.07) is 12.6. The summed E-state index contributed by atoms with van der Waals surface area (Å²) in [7, 11) is 1.62. The van der Waals surface area contributed by atoms with Crippen molar-refractivity contribution in [1.29, 1.82) is 0 Å². The summed E-state index contributed by atoms with van der Waals surface area (Å²) < 4.78 is 11.6. The number of pyridine rings is 1. The maximum Gasteiger partial charge on any atom is 0.221 e. The molecule has 0 unspecified atom stereocenters. The number of ether oxygens (including phenoxy) is 2. The summed E-state index contributed by atoms with van der Waals surface area (Å²) in [6.45, 7) is 3.43. The molecule has 4 rings (SSSR count). The highest BCUT2D eigenvalue weighted by Gasteiger charge is 2.20. The minimum atomic E-state index is -0.408. The molecule has 32 heavy (non-hydrogen) atoms. The normalized spacial score (nSPS) is 13.2. The first-order valence-corrected chi connectivity index (χ1v) is 11.1. The third-order valence-electron chi connectivity index (χ3n) is 5.62. The number of rotatable bonds is 11. The summed E-state index contributed by atoms with van der Waals surface area (Å²) in [4.78, 5) is 16.3. The number of carbonyl (C=O) groups is 1. The number of benzene rings is 2. The summed E-state index contributed by atoms with van der Waals surface area (Å²) in [6.07, 6.45) is 5.15. The van der Waals surface area contributed by atoms with Gasteiger partial charge >= 0.3 is 0 Å². The van der Waals surface area contributed by atoms with Crippen molar-refractivity contribution in [3.05, 3.63) is 53.7 Å². The van der Waals surface area contributed by atoms with Gasteiger partial charge in [-0.15, -0.1) is 0 Å². The zero-order chi connectivity index (χ0) is 22.5. The molecule has 3 aromatic rings. The third kappa shape index (κ3) is 5.11. The van der Waals surface area contributed by atoms with E-state index in [2.05, 4.69) is 28.6 Å². The fourth-order valence-electron chi connectivity index (χ4n) is 3.78. The van der Waals surface area contributed by atoms with Crippen LogP contribution in [0.2, 0.25) is 0 Å². The van der Waals surface area contributed by atoms with E-state index in [1.807, 2.05) is 30.3 Å². The van der Waals surface area contributed by atoms with Gasteiger partial charge in [0.25, 0.3) is 0 Å². The molecule has 1 aliphatic rings. The number of amides is 1. The molecular formula is C25H30N4O3. The Morgan fingerprint density at radius 3 is 2.72 bits per heavy atom. The van der Waals surface area contributed by atoms with Crippen LogP contribution in [0.1, 0.15) is 30.9 Å². The van der Waals surface area contributed by atoms with Crippen molar-refractivity contribution in [1.82, 2.24) is 10.3 Å². The first-order valence-electron chi connectivity index (χ1n) is 11.1. The predicted octanol–water partition coefficient (Wildman–Crippen LogP) is 3.71. The van der Waals surface area contributed by atoms with Crippen molar-refractivity contribution in [3.8, 4) is 11.5 Å². The van der Waals surface area contributed by atoms with Gasteiger partial charge in [-0.3, -0.25) is 9.78 Å². The molecule has 1 heterocycles. The van der Waals surface area contributed by atoms with Crippen molar-refractivity contribution in [2.75, 3.05) is 25.6 Å². The molecule has 4 N–H and O–H groups in total. The molecular weight excluding hydrogens is 404 g/mol. The van der Waals surface area contributed by atoms with Crippen LogP contribution in [0.4, 0.5) is 11.4 Å². The van der Waals surface area contributed by atoms with Crippen LogP contribution >= 0.6 is 0 Å². The minimum Gasteiger partial charge on any atom is -0.493 e. The molecule has 7 heteroatoms. The van der Waals surface area contributed by atoms with Gasteiger partial charge in [-0.1, -0.05) is 25.1 Å². The SMILES string of the molecule is CCc1ccccc1Nc1c(CC(N)=O)cnc2cc(OC)c(OCCNC3CC3)cc12. The highest BCUT2D eigenvalue weighted by molar-refractivity contribution is 5.98. The van der Waals surface area contributed by atoms with E-state index in [0.29, 0.717) is 24.1 Å². The van der Waals surface area contributed by atoms with Crippen LogP contribution in [0.5, 0.6) is 11.5 Å². The summed E-state index contributed by atoms with van der Waals surface area (Å²) in [5, 5.41) is 7.83. The highest BCUT2D eigenvalue weighted by atomic mass is 16.5. The zero-order valence-electron chi connectivity index (χ0n) is 18.6. The van der Waals surface area contributed by atoms with Crippen LogP contribution in [0.3, 0.4) is 0 Å². The first kappa shape index (κ1) is 21.9. The van der Waals surface area contributed by atoms with E-state index < -0.39 is 5.91 Å². The molecule has 0 spiro atoms. The van der Waals surface area contributed by atoms with E-state index in [9.17, 15) is 4.79 Å². The Labute approximate surface area is 188 Å². The number of methoxy groups -OCH3 is 1. The summed E-state index contributed by atoms with van der Waals surface area (Å²) >= 11 is 0. The number of carbonyl (C=O) groups excluding carboxylic acids is 1. The van der Waals surface area contributed by atoms with E-state index >= 15 is 0 Å². The van der Waals surface area contributed by atoms with Gasteiger partial charge in [0.15, 0.2) is 11.5 Å². The minimum absolute atomic E-state index is 0.0904. The fraction of sp³-hybridized carbons (Fsp3) is 0.360. The number of aromatic nitrogens is 1. The van der Waals surface area contributed by atoms with E-state index in [1.54, 1.807) is 13.3 Å². The maximum atomic E-state index is 11.7. The van der Waals surface area contributed by atoms with Crippen LogP contribution in [-0.2, 0) is 17.6 Å². The Kier molecular flexibility index (Phi) is 6.75. The molecule has 0 radical (unpaired) electrons. The van der Waals surface area contributed by atoms with Crippen LogP contribution in [0.25, 0.3) is 10.9 Å². The van der Waals surface area contributed by atoms with Gasteiger partial charge in [0.1, 0.15) is 6.61 Å². The van der Waals surface area contributed by atoms with Gasteiger partial charge < -0.3 is 25.8 Å². The monoisotopic (exact) mass is 434 g/mol. The average molecular weight is 435 g/mol. The van der Waals surface area contributed by atoms with Crippen LogP contribution in [-0.4, -0.2) is 37.2 Å². The number of fused-ring (bicyclic) bond motifs is 1. The molecule has 0 saturated heterocycles. The molecule has 1 aromatic heterocycles. The Bertz CT molecular complexity index is 1110. The van der Waals surface area contributed by atoms with Gasteiger partial charge in [0.2, 0.25) is 5.91 Å². The number of hydrogen-bond acceptors (Lipinski definition) is 6. The lowest BCUT2D eigenvalue weighted by molar-refractivity contribution is -0.117. The number of aryl methyl sites for hydroxylation is 1. The Morgan fingerprint density at radius 1 is 1.19 bits per heavy atom. The molecule has 1 amide bonds. The maximum absolute atomic E-state index is 11.7. The largest absolute Gasteiger partial charge is 0.493 e. The van der Waals surface area contributed by atoms with Crippen LogP contribution in [0.15, 0.2) is 42.6 Å². The second-order valence-corrected chi connectivity index (χ2v) is 8.03. The summed E-state index contributed by atoms with van der Waals surface area (Å²) in [5.74, 6) is 0.857. The molecule has 168 valence electrons. The van der Waals surface area contributed by atoms with Crippen LogP contribution in [0, 0.1) is 0 Å². The van der Waals surface area contributed by atoms with E-state index in [1.165, 1.54) is 18.4 Å². The number of nitrogens with two attached hydrogens (primary N) is 1. The number of hydrogen-bond donors (Lipinski definition) is 3. The van der Waals surface area contributed by atoms with Crippen molar-refractivity contribution in [2.24, 2.45) is 5.73 Å². The molecule has 0 aliphatic heterocycles. The molecule has 1 saturated carbocycles. The Balaban J connectivity index is 1.74. The van der Waals surface area contributed by atoms with E-state index in [0.717, 1.165) is 40.8 Å². The van der Waals surface area contributed by atoms with Gasteiger partial charge in [-0.05, 0) is 37.0 Å². The van der Waals surface area contributed by atoms with Crippen molar-refractivity contribution < 1.29 is 14.3 Å². The predicted molar refractivity (Wildman–Crippen MR) is 127 cm³/mol. The fourth-order valence-corrected chi connectivity index (χ4v) is 3.78. The number of primary amides is 1. The molecule has 0 bridgehead atoms. The molecule has 1 aliphatic carbocycles. The second kappa shape index (κ2) is 9.87. The Hall–Kier alpha value is -3.32. The second-order valence-electron chi connectivity index (χ2n) is 8.03. The topological polar surface area (TPSA) is 98.5 Å². The smallest absolute Gasteiger partial charge is 0.221 e. The average Bonchev–Trinajstić information content (AvgIpc) is 3.62. The third-order valence-corrected chi connectivity index (χ3v) is 5.62. The number of para-hydroxylation sites is 1. The van der Waals surface area contributed by atoms with Crippen molar-refractivity contribution in [2.45, 2.75) is 38.6 Å². The Morgan fingerprint density at radius 2 is 2.00 bits per heavy atom. The molecule has 2 aromatic carbocycles. The lowest BCUT2D eigenvalue weighted by Gasteiger charge is -2.18. The zero-order valence-corrected chi connectivity index (χ0v) is 18.6. The van der Waals surface area contributed by atoms with Crippen molar-refractivity contribution >= 4 is 28.2 Å². The van der Waals surface area contributed by atoms with Gasteiger partial charge in [0.05, 0.1) is 24.7 Å². The van der Waals surface area contributed by atoms with E-state index in [-0.39, 0.29) is 6.42 Å². The standard InChI is InChI=1S/C25H30N4O3/c1-3-16-6-4-5-7-20(16)29-25-17(12-24(26)30)15-28-21-14-22(31-2)23(13-19(21)25)32-11-10-27-18-8-9-18/h4-7,13-15,18,27H,3,8-12H2,1-2H3,(H2,26,30)(H,28,29). The van der Waals surface area contributed by atoms with Crippen molar-refractivity contribution in [3.63, 3.8) is 0 Å². The van der Waals surface area contributed by atoms with Gasteiger partial charge in [0, 0.05) is 41.5 Å². The molecule has 0 atom stereocenters. The van der Waals surface area contributed by atoms with E-state index in [4.69, 9.17) is 15.2 Å². The van der Waals surface area contributed by atoms with Crippen LogP contribution < -0.4 is 25.8 Å². The lowest BCUT2D eigenvalue weighted by atomic mass is 10.0. The number of anilines is 2. The number of nitrogens with zero attached hydrogens (tertiary/aromatic N) is 1. The quantitative estimate of drug-likeness (QED) is 0.398. The summed E-state index contributed by atoms with van der Waals surface area (Å²) in [5.41, 5.74) is 9.98. The number of nitrogens with one attached hydrogen (secondary N) is 2. The van der Waals surface area contributed by atoms with Gasteiger partial charge in [-0.2, -0.15) is 0 Å².